The molecule has 0 spiro atoms. The molecule has 1 aliphatic heterocycles. The normalized spacial score (nSPS) is 23.0. The highest BCUT2D eigenvalue weighted by Crippen LogP contribution is 2.20. The van der Waals surface area contributed by atoms with Gasteiger partial charge in [-0.1, -0.05) is 0 Å². The van der Waals surface area contributed by atoms with E-state index in [1.54, 1.807) is 0 Å². The molecule has 2 N–H and O–H groups in total. The quantitative estimate of drug-likeness (QED) is 0.662. The Bertz CT molecular complexity index is 450. The number of hydrogen-bond acceptors (Lipinski definition) is 4. The fourth-order valence-corrected chi connectivity index (χ4v) is 1.91. The van der Waals surface area contributed by atoms with Crippen LogP contribution in [-0.2, 0) is 9.47 Å². The Kier molecular flexibility index (Phi) is 3.81. The van der Waals surface area contributed by atoms with E-state index in [0.29, 0.717) is 0 Å². The average molecular weight is 253 g/mol. The summed E-state index contributed by atoms with van der Waals surface area (Å²) in [5, 5.41) is 0. The zero-order valence-electron chi connectivity index (χ0n) is 10.2. The number of hydrogen-bond donors (Lipinski definition) is 1. The lowest BCUT2D eigenvalue weighted by Gasteiger charge is -2.11. The number of benzene rings is 1. The van der Waals surface area contributed by atoms with Crippen molar-refractivity contribution in [3.63, 3.8) is 0 Å². The average Bonchev–Trinajstić information content (AvgIpc) is 2.75. The maximum Gasteiger partial charge on any atom is 0.338 e. The Morgan fingerprint density at radius 2 is 2.33 bits per heavy atom. The van der Waals surface area contributed by atoms with E-state index < -0.39 is 11.8 Å². The smallest absolute Gasteiger partial charge is 0.338 e. The standard InChI is InChI=1S/C13H16FNO3/c1-8-2-4-10(18-8)7-17-13(16)9-3-5-12(15)11(14)6-9/h3,5-6,8,10H,2,4,7,15H2,1H3. The lowest BCUT2D eigenvalue weighted by Crippen LogP contribution is -2.19. The summed E-state index contributed by atoms with van der Waals surface area (Å²) >= 11 is 0. The lowest BCUT2D eigenvalue weighted by atomic mass is 10.2. The van der Waals surface area contributed by atoms with Gasteiger partial charge in [-0.25, -0.2) is 9.18 Å². The van der Waals surface area contributed by atoms with Crippen LogP contribution in [0.25, 0.3) is 0 Å². The highest BCUT2D eigenvalue weighted by Gasteiger charge is 2.23. The second kappa shape index (κ2) is 5.35. The van der Waals surface area contributed by atoms with Gasteiger partial charge in [-0.3, -0.25) is 0 Å². The molecule has 1 aromatic rings. The summed E-state index contributed by atoms with van der Waals surface area (Å²) < 4.78 is 23.8. The van der Waals surface area contributed by atoms with Crippen LogP contribution in [-0.4, -0.2) is 24.8 Å². The molecule has 0 aliphatic carbocycles. The van der Waals surface area contributed by atoms with Gasteiger partial charge in [-0.2, -0.15) is 0 Å². The molecule has 18 heavy (non-hydrogen) atoms. The number of rotatable bonds is 3. The largest absolute Gasteiger partial charge is 0.459 e. The monoisotopic (exact) mass is 253 g/mol. The minimum Gasteiger partial charge on any atom is -0.459 e. The van der Waals surface area contributed by atoms with Gasteiger partial charge in [-0.05, 0) is 38.0 Å². The van der Waals surface area contributed by atoms with Crippen LogP contribution in [0.3, 0.4) is 0 Å². The van der Waals surface area contributed by atoms with Crippen LogP contribution in [0.1, 0.15) is 30.1 Å². The molecule has 2 atom stereocenters. The molecule has 0 aromatic heterocycles. The van der Waals surface area contributed by atoms with E-state index in [9.17, 15) is 9.18 Å². The molecule has 1 aromatic carbocycles. The van der Waals surface area contributed by atoms with E-state index in [2.05, 4.69) is 0 Å². The number of nitrogen functional groups attached to an aromatic ring is 1. The summed E-state index contributed by atoms with van der Waals surface area (Å²) in [6.45, 7) is 2.19. The number of ether oxygens (including phenoxy) is 2. The molecule has 4 nitrogen and oxygen atoms in total. The van der Waals surface area contributed by atoms with Gasteiger partial charge in [0, 0.05) is 0 Å². The predicted molar refractivity (Wildman–Crippen MR) is 64.7 cm³/mol. The first kappa shape index (κ1) is 12.8. The van der Waals surface area contributed by atoms with E-state index >= 15 is 0 Å². The highest BCUT2D eigenvalue weighted by atomic mass is 19.1. The molecule has 1 aliphatic rings. The first-order chi connectivity index (χ1) is 8.56. The Morgan fingerprint density at radius 3 is 2.94 bits per heavy atom. The van der Waals surface area contributed by atoms with Gasteiger partial charge in [0.25, 0.3) is 0 Å². The summed E-state index contributed by atoms with van der Waals surface area (Å²) in [5.41, 5.74) is 5.50. The third-order valence-electron chi connectivity index (χ3n) is 2.96. The van der Waals surface area contributed by atoms with Crippen molar-refractivity contribution in [1.82, 2.24) is 0 Å². The number of carbonyl (C=O) groups is 1. The van der Waals surface area contributed by atoms with Crippen LogP contribution >= 0.6 is 0 Å². The van der Waals surface area contributed by atoms with Crippen LogP contribution in [0, 0.1) is 5.82 Å². The molecule has 0 radical (unpaired) electrons. The molecule has 0 bridgehead atoms. The molecule has 1 fully saturated rings. The zero-order valence-corrected chi connectivity index (χ0v) is 10.2. The SMILES string of the molecule is CC1CCC(COC(=O)c2ccc(N)c(F)c2)O1. The van der Waals surface area contributed by atoms with Crippen LogP contribution < -0.4 is 5.73 Å². The summed E-state index contributed by atoms with van der Waals surface area (Å²) in [5.74, 6) is -1.17. The molecule has 0 saturated carbocycles. The Hall–Kier alpha value is -1.62. The third-order valence-corrected chi connectivity index (χ3v) is 2.96. The van der Waals surface area contributed by atoms with Crippen LogP contribution in [0.2, 0.25) is 0 Å². The van der Waals surface area contributed by atoms with E-state index in [1.807, 2.05) is 6.92 Å². The number of nitrogens with two attached hydrogens (primary N) is 1. The molecule has 98 valence electrons. The molecule has 1 heterocycles. The summed E-state index contributed by atoms with van der Waals surface area (Å²) in [6, 6.07) is 3.87. The fraction of sp³-hybridized carbons (Fsp3) is 0.462. The lowest BCUT2D eigenvalue weighted by molar-refractivity contribution is -0.00267. The first-order valence-corrected chi connectivity index (χ1v) is 5.94. The highest BCUT2D eigenvalue weighted by molar-refractivity contribution is 5.89. The Labute approximate surface area is 105 Å². The maximum absolute atomic E-state index is 13.2. The Morgan fingerprint density at radius 1 is 1.56 bits per heavy atom. The van der Waals surface area contributed by atoms with Crippen molar-refractivity contribution in [3.05, 3.63) is 29.6 Å². The van der Waals surface area contributed by atoms with Gasteiger partial charge >= 0.3 is 5.97 Å². The second-order valence-electron chi connectivity index (χ2n) is 4.48. The van der Waals surface area contributed by atoms with E-state index in [-0.39, 0.29) is 30.1 Å². The number of esters is 1. The van der Waals surface area contributed by atoms with Crippen molar-refractivity contribution < 1.29 is 18.7 Å². The van der Waals surface area contributed by atoms with Gasteiger partial charge in [-0.15, -0.1) is 0 Å². The summed E-state index contributed by atoms with van der Waals surface area (Å²) in [4.78, 5) is 11.7. The van der Waals surface area contributed by atoms with Gasteiger partial charge in [0.1, 0.15) is 12.4 Å². The summed E-state index contributed by atoms with van der Waals surface area (Å²) in [6.07, 6.45) is 2.01. The van der Waals surface area contributed by atoms with E-state index in [4.69, 9.17) is 15.2 Å². The summed E-state index contributed by atoms with van der Waals surface area (Å²) in [7, 11) is 0. The number of carbonyl (C=O) groups excluding carboxylic acids is 1. The molecule has 5 heteroatoms. The van der Waals surface area contributed by atoms with Crippen molar-refractivity contribution >= 4 is 11.7 Å². The van der Waals surface area contributed by atoms with Gasteiger partial charge in [0.15, 0.2) is 0 Å². The topological polar surface area (TPSA) is 61.5 Å². The van der Waals surface area contributed by atoms with Crippen molar-refractivity contribution in [3.8, 4) is 0 Å². The van der Waals surface area contributed by atoms with Crippen LogP contribution in [0.4, 0.5) is 10.1 Å². The molecule has 2 rings (SSSR count). The zero-order chi connectivity index (χ0) is 13.1. The van der Waals surface area contributed by atoms with Gasteiger partial charge in [0.2, 0.25) is 0 Å². The van der Waals surface area contributed by atoms with E-state index in [1.165, 1.54) is 12.1 Å². The second-order valence-corrected chi connectivity index (χ2v) is 4.48. The van der Waals surface area contributed by atoms with Gasteiger partial charge < -0.3 is 15.2 Å². The predicted octanol–water partition coefficient (Wildman–Crippen LogP) is 2.13. The van der Waals surface area contributed by atoms with Crippen molar-refractivity contribution in [2.75, 3.05) is 12.3 Å². The minimum atomic E-state index is -0.616. The molecule has 2 unspecified atom stereocenters. The number of halogens is 1. The van der Waals surface area contributed by atoms with Gasteiger partial charge in [0.05, 0.1) is 23.5 Å². The van der Waals surface area contributed by atoms with Crippen molar-refractivity contribution in [2.45, 2.75) is 32.0 Å². The van der Waals surface area contributed by atoms with Crippen LogP contribution in [0.15, 0.2) is 18.2 Å². The van der Waals surface area contributed by atoms with Crippen molar-refractivity contribution in [1.29, 1.82) is 0 Å². The Balaban J connectivity index is 1.89. The first-order valence-electron chi connectivity index (χ1n) is 5.94. The molecule has 0 amide bonds. The molecular formula is C13H16FNO3. The maximum atomic E-state index is 13.2. The fourth-order valence-electron chi connectivity index (χ4n) is 1.91. The molecule has 1 saturated heterocycles. The minimum absolute atomic E-state index is 0.0134. The van der Waals surface area contributed by atoms with Crippen molar-refractivity contribution in [2.24, 2.45) is 0 Å². The molecular weight excluding hydrogens is 237 g/mol. The van der Waals surface area contributed by atoms with Crippen LogP contribution in [0.5, 0.6) is 0 Å². The number of anilines is 1. The van der Waals surface area contributed by atoms with E-state index in [0.717, 1.165) is 18.9 Å². The third kappa shape index (κ3) is 2.98.